The Bertz CT molecular complexity index is 566. The molecule has 0 spiro atoms. The first-order chi connectivity index (χ1) is 9.69. The van der Waals surface area contributed by atoms with Gasteiger partial charge in [-0.1, -0.05) is 6.92 Å². The normalized spacial score (nSPS) is 12.2. The number of rotatable bonds is 6. The van der Waals surface area contributed by atoms with Crippen LogP contribution in [0.25, 0.3) is 0 Å². The van der Waals surface area contributed by atoms with Crippen molar-refractivity contribution in [3.8, 4) is 11.5 Å². The first-order valence-electron chi connectivity index (χ1n) is 6.63. The molecule has 0 fully saturated rings. The Morgan fingerprint density at radius 3 is 2.65 bits per heavy atom. The van der Waals surface area contributed by atoms with Crippen LogP contribution in [-0.4, -0.2) is 30.5 Å². The number of hydrogen-bond acceptors (Lipinski definition) is 4. The molecule has 108 valence electrons. The highest BCUT2D eigenvalue weighted by atomic mass is 16.5. The van der Waals surface area contributed by atoms with E-state index < -0.39 is 0 Å². The van der Waals surface area contributed by atoms with Crippen LogP contribution in [0.2, 0.25) is 0 Å². The fraction of sp³-hybridized carbons (Fsp3) is 0.400. The van der Waals surface area contributed by atoms with E-state index in [9.17, 15) is 0 Å². The molecule has 5 heteroatoms. The third kappa shape index (κ3) is 2.93. The minimum absolute atomic E-state index is 0.0266. The fourth-order valence-corrected chi connectivity index (χ4v) is 2.27. The molecule has 1 aromatic carbocycles. The van der Waals surface area contributed by atoms with Crippen LogP contribution in [0, 0.1) is 0 Å². The molecule has 1 aromatic heterocycles. The average molecular weight is 275 g/mol. The van der Waals surface area contributed by atoms with Gasteiger partial charge in [0.25, 0.3) is 0 Å². The van der Waals surface area contributed by atoms with Crippen molar-refractivity contribution in [2.45, 2.75) is 13.0 Å². The molecule has 0 aliphatic rings. The van der Waals surface area contributed by atoms with Gasteiger partial charge in [0.2, 0.25) is 0 Å². The summed E-state index contributed by atoms with van der Waals surface area (Å²) in [6.45, 7) is 2.93. The van der Waals surface area contributed by atoms with Crippen LogP contribution in [0.3, 0.4) is 0 Å². The molecule has 0 radical (unpaired) electrons. The van der Waals surface area contributed by atoms with Crippen molar-refractivity contribution in [2.24, 2.45) is 7.05 Å². The van der Waals surface area contributed by atoms with E-state index in [1.807, 2.05) is 37.6 Å². The Labute approximate surface area is 119 Å². The van der Waals surface area contributed by atoms with Gasteiger partial charge >= 0.3 is 0 Å². The maximum atomic E-state index is 5.48. The van der Waals surface area contributed by atoms with E-state index in [2.05, 4.69) is 17.3 Å². The quantitative estimate of drug-likeness (QED) is 0.877. The van der Waals surface area contributed by atoms with Crippen LogP contribution in [0.15, 0.2) is 30.6 Å². The van der Waals surface area contributed by atoms with Crippen molar-refractivity contribution in [1.82, 2.24) is 15.1 Å². The van der Waals surface area contributed by atoms with Crippen molar-refractivity contribution in [3.63, 3.8) is 0 Å². The highest BCUT2D eigenvalue weighted by molar-refractivity contribution is 5.45. The van der Waals surface area contributed by atoms with E-state index in [0.717, 1.165) is 29.2 Å². The van der Waals surface area contributed by atoms with Gasteiger partial charge < -0.3 is 14.8 Å². The summed E-state index contributed by atoms with van der Waals surface area (Å²) < 4.78 is 12.6. The summed E-state index contributed by atoms with van der Waals surface area (Å²) in [6.07, 6.45) is 3.87. The lowest BCUT2D eigenvalue weighted by Gasteiger charge is -2.20. The Morgan fingerprint density at radius 1 is 1.30 bits per heavy atom. The zero-order chi connectivity index (χ0) is 14.5. The van der Waals surface area contributed by atoms with Gasteiger partial charge in [0.1, 0.15) is 11.5 Å². The largest absolute Gasteiger partial charge is 0.497 e. The molecule has 0 bridgehead atoms. The number of aromatic nitrogens is 2. The number of aryl methyl sites for hydroxylation is 1. The third-order valence-electron chi connectivity index (χ3n) is 3.21. The number of methoxy groups -OCH3 is 2. The number of ether oxygens (including phenoxy) is 2. The van der Waals surface area contributed by atoms with E-state index in [0.29, 0.717) is 0 Å². The molecule has 1 N–H and O–H groups in total. The minimum Gasteiger partial charge on any atom is -0.497 e. The molecule has 5 nitrogen and oxygen atoms in total. The van der Waals surface area contributed by atoms with Crippen molar-refractivity contribution in [1.29, 1.82) is 0 Å². The van der Waals surface area contributed by atoms with Crippen LogP contribution in [0.4, 0.5) is 0 Å². The zero-order valence-corrected chi connectivity index (χ0v) is 12.4. The SMILES string of the molecule is CCNC(c1cnn(C)c1)c1cc(OC)ccc1OC. The second-order valence-corrected chi connectivity index (χ2v) is 4.55. The molecule has 0 aliphatic carbocycles. The van der Waals surface area contributed by atoms with Crippen LogP contribution >= 0.6 is 0 Å². The van der Waals surface area contributed by atoms with Crippen LogP contribution < -0.4 is 14.8 Å². The monoisotopic (exact) mass is 275 g/mol. The lowest BCUT2D eigenvalue weighted by molar-refractivity contribution is 0.394. The highest BCUT2D eigenvalue weighted by Gasteiger charge is 2.19. The topological polar surface area (TPSA) is 48.3 Å². The average Bonchev–Trinajstić information content (AvgIpc) is 2.90. The van der Waals surface area contributed by atoms with E-state index in [1.165, 1.54) is 0 Å². The Hall–Kier alpha value is -2.01. The van der Waals surface area contributed by atoms with Gasteiger partial charge in [-0.05, 0) is 24.7 Å². The smallest absolute Gasteiger partial charge is 0.124 e. The molecule has 1 heterocycles. The standard InChI is InChI=1S/C15H21N3O2/c1-5-16-15(11-9-17-18(2)10-11)13-8-12(19-3)6-7-14(13)20-4/h6-10,15-16H,5H2,1-4H3. The summed E-state index contributed by atoms with van der Waals surface area (Å²) in [5.74, 6) is 1.65. The van der Waals surface area contributed by atoms with Crippen LogP contribution in [-0.2, 0) is 7.05 Å². The van der Waals surface area contributed by atoms with E-state index in [1.54, 1.807) is 18.9 Å². The predicted octanol–water partition coefficient (Wildman–Crippen LogP) is 2.14. The van der Waals surface area contributed by atoms with E-state index in [4.69, 9.17) is 9.47 Å². The predicted molar refractivity (Wildman–Crippen MR) is 78.3 cm³/mol. The third-order valence-corrected chi connectivity index (χ3v) is 3.21. The van der Waals surface area contributed by atoms with Crippen molar-refractivity contribution >= 4 is 0 Å². The molecule has 0 saturated carbocycles. The van der Waals surface area contributed by atoms with E-state index >= 15 is 0 Å². The van der Waals surface area contributed by atoms with Gasteiger partial charge in [0.05, 0.1) is 26.5 Å². The summed E-state index contributed by atoms with van der Waals surface area (Å²) >= 11 is 0. The second kappa shape index (κ2) is 6.43. The second-order valence-electron chi connectivity index (χ2n) is 4.55. The van der Waals surface area contributed by atoms with Crippen molar-refractivity contribution in [2.75, 3.05) is 20.8 Å². The molecule has 0 saturated heterocycles. The fourth-order valence-electron chi connectivity index (χ4n) is 2.27. The maximum Gasteiger partial charge on any atom is 0.124 e. The first kappa shape index (κ1) is 14.4. The number of benzene rings is 1. The number of nitrogens with one attached hydrogen (secondary N) is 1. The van der Waals surface area contributed by atoms with Gasteiger partial charge in [-0.15, -0.1) is 0 Å². The summed E-state index contributed by atoms with van der Waals surface area (Å²) in [4.78, 5) is 0. The maximum absolute atomic E-state index is 5.48. The molecule has 0 aliphatic heterocycles. The van der Waals surface area contributed by atoms with Gasteiger partial charge in [-0.2, -0.15) is 5.10 Å². The Morgan fingerprint density at radius 2 is 2.10 bits per heavy atom. The molecule has 2 aromatic rings. The van der Waals surface area contributed by atoms with Gasteiger partial charge in [0.15, 0.2) is 0 Å². The van der Waals surface area contributed by atoms with Crippen LogP contribution in [0.5, 0.6) is 11.5 Å². The highest BCUT2D eigenvalue weighted by Crippen LogP contribution is 2.32. The Kier molecular flexibility index (Phi) is 4.63. The molecule has 1 atom stereocenters. The summed E-state index contributed by atoms with van der Waals surface area (Å²) in [5.41, 5.74) is 2.14. The molecule has 0 amide bonds. The molecule has 1 unspecified atom stereocenters. The molecule has 20 heavy (non-hydrogen) atoms. The molecule has 2 rings (SSSR count). The lowest BCUT2D eigenvalue weighted by Crippen LogP contribution is -2.22. The molecular formula is C15H21N3O2. The van der Waals surface area contributed by atoms with Crippen molar-refractivity contribution in [3.05, 3.63) is 41.7 Å². The summed E-state index contributed by atoms with van der Waals surface area (Å²) in [7, 11) is 5.25. The van der Waals surface area contributed by atoms with Crippen molar-refractivity contribution < 1.29 is 9.47 Å². The minimum atomic E-state index is 0.0266. The molecular weight excluding hydrogens is 254 g/mol. The lowest BCUT2D eigenvalue weighted by atomic mass is 10.00. The van der Waals surface area contributed by atoms with Gasteiger partial charge in [0, 0.05) is 24.4 Å². The number of nitrogens with zero attached hydrogens (tertiary/aromatic N) is 2. The zero-order valence-electron chi connectivity index (χ0n) is 12.4. The van der Waals surface area contributed by atoms with E-state index in [-0.39, 0.29) is 6.04 Å². The van der Waals surface area contributed by atoms with Gasteiger partial charge in [-0.3, -0.25) is 4.68 Å². The summed E-state index contributed by atoms with van der Waals surface area (Å²) in [6, 6.07) is 5.85. The van der Waals surface area contributed by atoms with Crippen LogP contribution in [0.1, 0.15) is 24.1 Å². The Balaban J connectivity index is 2.47. The number of hydrogen-bond donors (Lipinski definition) is 1. The first-order valence-corrected chi connectivity index (χ1v) is 6.63. The summed E-state index contributed by atoms with van der Waals surface area (Å²) in [5, 5.41) is 7.71. The van der Waals surface area contributed by atoms with Gasteiger partial charge in [-0.25, -0.2) is 0 Å².